The van der Waals surface area contributed by atoms with Crippen molar-refractivity contribution in [1.82, 2.24) is 10.2 Å². The fourth-order valence-electron chi connectivity index (χ4n) is 2.51. The van der Waals surface area contributed by atoms with Gasteiger partial charge in [-0.1, -0.05) is 12.1 Å². The van der Waals surface area contributed by atoms with Gasteiger partial charge in [-0.3, -0.25) is 0 Å². The Morgan fingerprint density at radius 2 is 1.81 bits per heavy atom. The van der Waals surface area contributed by atoms with E-state index >= 15 is 0 Å². The molecule has 0 aliphatic heterocycles. The van der Waals surface area contributed by atoms with Gasteiger partial charge in [-0.15, -0.1) is 10.2 Å². The number of benzene rings is 1. The molecule has 0 amide bonds. The van der Waals surface area contributed by atoms with Crippen LogP contribution in [0.25, 0.3) is 11.5 Å². The number of hydrogen-bond acceptors (Lipinski definition) is 8. The van der Waals surface area contributed by atoms with Crippen molar-refractivity contribution in [3.05, 3.63) is 58.9 Å². The van der Waals surface area contributed by atoms with Crippen molar-refractivity contribution >= 4 is 15.8 Å². The van der Waals surface area contributed by atoms with Crippen LogP contribution >= 0.6 is 0 Å². The second kappa shape index (κ2) is 7.36. The normalized spacial score (nSPS) is 11.5. The molecule has 0 aliphatic rings. The first-order valence-corrected chi connectivity index (χ1v) is 10.1. The Balaban J connectivity index is 1.62. The molecule has 142 valence electrons. The quantitative estimate of drug-likeness (QED) is 0.591. The van der Waals surface area contributed by atoms with Gasteiger partial charge in [0.05, 0.1) is 16.9 Å². The zero-order valence-corrected chi connectivity index (χ0v) is 15.9. The second-order valence-electron chi connectivity index (χ2n) is 6.17. The maximum Gasteiger partial charge on any atom is 0.338 e. The van der Waals surface area contributed by atoms with Crippen molar-refractivity contribution in [2.75, 3.05) is 6.26 Å². The molecule has 0 spiro atoms. The van der Waals surface area contributed by atoms with Crippen molar-refractivity contribution in [3.63, 3.8) is 0 Å². The molecule has 0 radical (unpaired) electrons. The zero-order valence-electron chi connectivity index (χ0n) is 15.1. The number of furan rings is 1. The molecule has 8 nitrogen and oxygen atoms in total. The number of carbonyl (C=O) groups is 1. The molecule has 0 aliphatic carbocycles. The maximum absolute atomic E-state index is 12.1. The number of aromatic nitrogens is 2. The van der Waals surface area contributed by atoms with Crippen molar-refractivity contribution in [3.8, 4) is 11.5 Å². The summed E-state index contributed by atoms with van der Waals surface area (Å²) in [6, 6.07) is 7.97. The first kappa shape index (κ1) is 18.8. The molecule has 3 aromatic rings. The van der Waals surface area contributed by atoms with E-state index in [9.17, 15) is 13.2 Å². The summed E-state index contributed by atoms with van der Waals surface area (Å²) in [5.41, 5.74) is 1.59. The van der Waals surface area contributed by atoms with Crippen molar-refractivity contribution in [1.29, 1.82) is 0 Å². The minimum atomic E-state index is -3.13. The Bertz CT molecular complexity index is 1060. The van der Waals surface area contributed by atoms with Crippen molar-refractivity contribution < 1.29 is 26.8 Å². The third kappa shape index (κ3) is 4.82. The van der Waals surface area contributed by atoms with Crippen LogP contribution in [0.1, 0.15) is 33.3 Å². The van der Waals surface area contributed by atoms with E-state index in [1.54, 1.807) is 25.1 Å². The van der Waals surface area contributed by atoms with Gasteiger partial charge in [-0.25, -0.2) is 13.2 Å². The van der Waals surface area contributed by atoms with Crippen molar-refractivity contribution in [2.45, 2.75) is 26.2 Å². The zero-order chi connectivity index (χ0) is 19.6. The van der Waals surface area contributed by atoms with E-state index in [4.69, 9.17) is 13.6 Å². The third-order valence-electron chi connectivity index (χ3n) is 3.68. The van der Waals surface area contributed by atoms with Crippen LogP contribution in [-0.4, -0.2) is 30.8 Å². The Labute approximate surface area is 156 Å². The smallest absolute Gasteiger partial charge is 0.338 e. The Morgan fingerprint density at radius 1 is 1.11 bits per heavy atom. The first-order chi connectivity index (χ1) is 12.7. The number of hydrogen-bond donors (Lipinski definition) is 0. The lowest BCUT2D eigenvalue weighted by Crippen LogP contribution is -2.06. The van der Waals surface area contributed by atoms with Gasteiger partial charge in [-0.2, -0.15) is 0 Å². The van der Waals surface area contributed by atoms with Gasteiger partial charge < -0.3 is 13.6 Å². The van der Waals surface area contributed by atoms with E-state index < -0.39 is 15.8 Å². The molecule has 0 fully saturated rings. The third-order valence-corrected chi connectivity index (χ3v) is 4.54. The number of ether oxygens (including phenoxy) is 1. The highest BCUT2D eigenvalue weighted by Gasteiger charge is 2.16. The molecule has 0 atom stereocenters. The molecule has 1 aromatic carbocycles. The summed E-state index contributed by atoms with van der Waals surface area (Å²) in [5, 5.41) is 7.79. The fraction of sp³-hybridized carbons (Fsp3) is 0.278. The van der Waals surface area contributed by atoms with E-state index in [0.717, 1.165) is 12.0 Å². The molecule has 0 saturated carbocycles. The van der Waals surface area contributed by atoms with Crippen LogP contribution in [0, 0.1) is 13.8 Å². The average Bonchev–Trinajstić information content (AvgIpc) is 3.17. The van der Waals surface area contributed by atoms with Gasteiger partial charge in [0.1, 0.15) is 11.5 Å². The average molecular weight is 390 g/mol. The van der Waals surface area contributed by atoms with E-state index in [1.807, 2.05) is 6.92 Å². The summed E-state index contributed by atoms with van der Waals surface area (Å²) in [5.74, 6) is 1.18. The predicted molar refractivity (Wildman–Crippen MR) is 95.6 cm³/mol. The van der Waals surface area contributed by atoms with Crippen LogP contribution in [-0.2, 0) is 26.9 Å². The topological polar surface area (TPSA) is 112 Å². The summed E-state index contributed by atoms with van der Waals surface area (Å²) in [6.07, 6.45) is 1.15. The van der Waals surface area contributed by atoms with Crippen LogP contribution < -0.4 is 0 Å². The van der Waals surface area contributed by atoms with E-state index in [2.05, 4.69) is 10.2 Å². The predicted octanol–water partition coefficient (Wildman–Crippen LogP) is 2.85. The Hall–Kier alpha value is -2.94. The minimum absolute atomic E-state index is 0.0833. The van der Waals surface area contributed by atoms with Gasteiger partial charge in [-0.05, 0) is 37.6 Å². The molecule has 3 rings (SSSR count). The highest BCUT2D eigenvalue weighted by Crippen LogP contribution is 2.25. The lowest BCUT2D eigenvalue weighted by Gasteiger charge is -2.04. The second-order valence-corrected chi connectivity index (χ2v) is 8.31. The Morgan fingerprint density at radius 3 is 2.41 bits per heavy atom. The highest BCUT2D eigenvalue weighted by atomic mass is 32.2. The number of esters is 1. The first-order valence-electron chi connectivity index (χ1n) is 8.05. The molecule has 9 heteroatoms. The lowest BCUT2D eigenvalue weighted by atomic mass is 10.1. The summed E-state index contributed by atoms with van der Waals surface area (Å²) in [4.78, 5) is 12.1. The van der Waals surface area contributed by atoms with E-state index in [1.165, 1.54) is 12.1 Å². The number of carbonyl (C=O) groups excluding carboxylic acids is 1. The monoisotopic (exact) mass is 390 g/mol. The molecule has 0 saturated heterocycles. The van der Waals surface area contributed by atoms with E-state index in [0.29, 0.717) is 28.3 Å². The van der Waals surface area contributed by atoms with Gasteiger partial charge in [0.15, 0.2) is 16.4 Å². The highest BCUT2D eigenvalue weighted by molar-refractivity contribution is 7.89. The molecule has 2 heterocycles. The van der Waals surface area contributed by atoms with Crippen LogP contribution in [0.4, 0.5) is 0 Å². The summed E-state index contributed by atoms with van der Waals surface area (Å²) in [6.45, 7) is 3.43. The largest absolute Gasteiger partial charge is 0.466 e. The number of rotatable bonds is 6. The standard InChI is InChI=1S/C18H18N2O6S/c1-11-8-15(12(2)25-11)17-20-19-16(26-17)9-24-18(21)14-6-4-13(5-7-14)10-27(3,22)23/h4-8H,9-10H2,1-3H3. The van der Waals surface area contributed by atoms with Crippen LogP contribution in [0.15, 0.2) is 39.2 Å². The molecule has 27 heavy (non-hydrogen) atoms. The molecule has 0 unspecified atom stereocenters. The Kier molecular flexibility index (Phi) is 5.13. The molecule has 0 N–H and O–H groups in total. The fourth-order valence-corrected chi connectivity index (χ4v) is 3.31. The molecule has 0 bridgehead atoms. The van der Waals surface area contributed by atoms with Crippen molar-refractivity contribution in [2.24, 2.45) is 0 Å². The molecule has 2 aromatic heterocycles. The molecular formula is C18H18N2O6S. The van der Waals surface area contributed by atoms with E-state index in [-0.39, 0.29) is 18.3 Å². The van der Waals surface area contributed by atoms with Gasteiger partial charge in [0, 0.05) is 6.26 Å². The van der Waals surface area contributed by atoms with Gasteiger partial charge in [0.25, 0.3) is 11.8 Å². The molecular weight excluding hydrogens is 372 g/mol. The van der Waals surface area contributed by atoms with Gasteiger partial charge in [0.2, 0.25) is 0 Å². The number of nitrogens with zero attached hydrogens (tertiary/aromatic N) is 2. The van der Waals surface area contributed by atoms with Crippen LogP contribution in [0.2, 0.25) is 0 Å². The minimum Gasteiger partial charge on any atom is -0.466 e. The summed E-state index contributed by atoms with van der Waals surface area (Å²) < 4.78 is 38.7. The van der Waals surface area contributed by atoms with Crippen LogP contribution in [0.5, 0.6) is 0 Å². The maximum atomic E-state index is 12.1. The number of aryl methyl sites for hydroxylation is 2. The summed E-state index contributed by atoms with van der Waals surface area (Å²) in [7, 11) is -3.13. The summed E-state index contributed by atoms with van der Waals surface area (Å²) >= 11 is 0. The lowest BCUT2D eigenvalue weighted by molar-refractivity contribution is 0.0438. The van der Waals surface area contributed by atoms with Crippen LogP contribution in [0.3, 0.4) is 0 Å². The SMILES string of the molecule is Cc1cc(-c2nnc(COC(=O)c3ccc(CS(C)(=O)=O)cc3)o2)c(C)o1. The van der Waals surface area contributed by atoms with Gasteiger partial charge >= 0.3 is 5.97 Å². The number of sulfone groups is 1.